The lowest BCUT2D eigenvalue weighted by Crippen LogP contribution is -2.39. The summed E-state index contributed by atoms with van der Waals surface area (Å²) in [7, 11) is 0. The molecule has 1 fully saturated rings. The number of rotatable bonds is 3. The molecule has 0 aromatic heterocycles. The SMILES string of the molecule is CCN(CC)C(=NC1CCCCC1)OC(C)(C)C. The van der Waals surface area contributed by atoms with Crippen LogP contribution in [0.4, 0.5) is 0 Å². The standard InChI is InChI=1S/C15H30N2O/c1-6-17(7-2)14(18-15(3,4)5)16-13-11-9-8-10-12-13/h13H,6-12H2,1-5H3. The summed E-state index contributed by atoms with van der Waals surface area (Å²) in [6, 6.07) is 1.32. The largest absolute Gasteiger partial charge is 0.459 e. The first-order valence-corrected chi connectivity index (χ1v) is 7.48. The van der Waals surface area contributed by atoms with Crippen molar-refractivity contribution in [3.63, 3.8) is 0 Å². The van der Waals surface area contributed by atoms with E-state index in [0.29, 0.717) is 6.04 Å². The molecule has 0 heterocycles. The molecule has 0 unspecified atom stereocenters. The molecule has 3 nitrogen and oxygen atoms in total. The van der Waals surface area contributed by atoms with Gasteiger partial charge in [0.05, 0.1) is 6.04 Å². The van der Waals surface area contributed by atoms with Crippen LogP contribution in [0, 0.1) is 0 Å². The predicted molar refractivity (Wildman–Crippen MR) is 78.1 cm³/mol. The molecular weight excluding hydrogens is 224 g/mol. The highest BCUT2D eigenvalue weighted by atomic mass is 16.5. The third-order valence-electron chi connectivity index (χ3n) is 3.30. The van der Waals surface area contributed by atoms with Gasteiger partial charge in [-0.15, -0.1) is 0 Å². The molecule has 18 heavy (non-hydrogen) atoms. The Hall–Kier alpha value is -0.730. The van der Waals surface area contributed by atoms with Crippen molar-refractivity contribution in [2.75, 3.05) is 13.1 Å². The van der Waals surface area contributed by atoms with E-state index in [4.69, 9.17) is 9.73 Å². The van der Waals surface area contributed by atoms with Crippen LogP contribution in [0.15, 0.2) is 4.99 Å². The fraction of sp³-hybridized carbons (Fsp3) is 0.933. The van der Waals surface area contributed by atoms with E-state index in [-0.39, 0.29) is 5.60 Å². The Morgan fingerprint density at radius 2 is 1.67 bits per heavy atom. The molecule has 1 aliphatic carbocycles. The van der Waals surface area contributed by atoms with Gasteiger partial charge in [0, 0.05) is 13.1 Å². The highest BCUT2D eigenvalue weighted by Crippen LogP contribution is 2.21. The van der Waals surface area contributed by atoms with Crippen LogP contribution in [0.5, 0.6) is 0 Å². The minimum absolute atomic E-state index is 0.171. The van der Waals surface area contributed by atoms with Crippen molar-refractivity contribution < 1.29 is 4.74 Å². The van der Waals surface area contributed by atoms with Gasteiger partial charge in [0.1, 0.15) is 5.60 Å². The van der Waals surface area contributed by atoms with E-state index in [9.17, 15) is 0 Å². The lowest BCUT2D eigenvalue weighted by molar-refractivity contribution is 0.0867. The van der Waals surface area contributed by atoms with E-state index >= 15 is 0 Å². The van der Waals surface area contributed by atoms with Crippen molar-refractivity contribution in [2.45, 2.75) is 78.4 Å². The quantitative estimate of drug-likeness (QED) is 0.565. The second-order valence-electron chi connectivity index (χ2n) is 6.09. The third-order valence-corrected chi connectivity index (χ3v) is 3.30. The summed E-state index contributed by atoms with van der Waals surface area (Å²) < 4.78 is 6.06. The Morgan fingerprint density at radius 3 is 2.11 bits per heavy atom. The molecule has 0 bridgehead atoms. The molecule has 0 spiro atoms. The van der Waals surface area contributed by atoms with Gasteiger partial charge in [0.15, 0.2) is 0 Å². The van der Waals surface area contributed by atoms with Crippen LogP contribution in [0.1, 0.15) is 66.7 Å². The molecule has 0 N–H and O–H groups in total. The van der Waals surface area contributed by atoms with Gasteiger partial charge in [0.2, 0.25) is 0 Å². The van der Waals surface area contributed by atoms with Crippen LogP contribution in [0.2, 0.25) is 0 Å². The summed E-state index contributed by atoms with van der Waals surface area (Å²) in [6.07, 6.45) is 6.44. The lowest BCUT2D eigenvalue weighted by atomic mass is 9.96. The van der Waals surface area contributed by atoms with Gasteiger partial charge in [0.25, 0.3) is 6.02 Å². The van der Waals surface area contributed by atoms with Crippen molar-refractivity contribution >= 4 is 6.02 Å². The fourth-order valence-electron chi connectivity index (χ4n) is 2.31. The van der Waals surface area contributed by atoms with E-state index in [1.807, 2.05) is 0 Å². The van der Waals surface area contributed by atoms with Crippen molar-refractivity contribution in [2.24, 2.45) is 4.99 Å². The van der Waals surface area contributed by atoms with Gasteiger partial charge in [-0.1, -0.05) is 19.3 Å². The number of aliphatic imine (C=N–C) groups is 1. The van der Waals surface area contributed by atoms with Gasteiger partial charge in [-0.05, 0) is 47.5 Å². The van der Waals surface area contributed by atoms with E-state index in [2.05, 4.69) is 39.5 Å². The second-order valence-corrected chi connectivity index (χ2v) is 6.09. The Morgan fingerprint density at radius 1 is 1.11 bits per heavy atom. The van der Waals surface area contributed by atoms with Crippen LogP contribution < -0.4 is 0 Å². The zero-order valence-electron chi connectivity index (χ0n) is 12.8. The van der Waals surface area contributed by atoms with E-state index in [0.717, 1.165) is 19.1 Å². The number of nitrogens with zero attached hydrogens (tertiary/aromatic N) is 2. The Labute approximate surface area is 113 Å². The summed E-state index contributed by atoms with van der Waals surface area (Å²) in [6.45, 7) is 12.5. The first-order chi connectivity index (χ1) is 8.46. The molecule has 0 aliphatic heterocycles. The Kier molecular flexibility index (Phi) is 5.97. The van der Waals surface area contributed by atoms with Crippen molar-refractivity contribution in [1.29, 1.82) is 0 Å². The van der Waals surface area contributed by atoms with Crippen molar-refractivity contribution in [3.8, 4) is 0 Å². The number of ether oxygens (including phenoxy) is 1. The maximum atomic E-state index is 6.06. The van der Waals surface area contributed by atoms with Gasteiger partial charge < -0.3 is 9.64 Å². The zero-order valence-corrected chi connectivity index (χ0v) is 12.8. The molecule has 0 amide bonds. The van der Waals surface area contributed by atoms with Gasteiger partial charge in [-0.2, -0.15) is 0 Å². The first-order valence-electron chi connectivity index (χ1n) is 7.48. The monoisotopic (exact) mass is 254 g/mol. The average Bonchev–Trinajstić information content (AvgIpc) is 2.29. The summed E-state index contributed by atoms with van der Waals surface area (Å²) in [5.41, 5.74) is -0.171. The summed E-state index contributed by atoms with van der Waals surface area (Å²) in [4.78, 5) is 7.11. The van der Waals surface area contributed by atoms with E-state index < -0.39 is 0 Å². The molecule has 0 aromatic rings. The molecule has 1 rings (SSSR count). The highest BCUT2D eigenvalue weighted by Gasteiger charge is 2.21. The predicted octanol–water partition coefficient (Wildman–Crippen LogP) is 3.83. The van der Waals surface area contributed by atoms with Gasteiger partial charge in [-0.25, -0.2) is 4.99 Å². The molecule has 3 heteroatoms. The van der Waals surface area contributed by atoms with Gasteiger partial charge >= 0.3 is 0 Å². The van der Waals surface area contributed by atoms with Crippen molar-refractivity contribution in [1.82, 2.24) is 4.90 Å². The number of hydrogen-bond acceptors (Lipinski definition) is 2. The Balaban J connectivity index is 2.77. The fourth-order valence-corrected chi connectivity index (χ4v) is 2.31. The molecular formula is C15H30N2O. The van der Waals surface area contributed by atoms with Crippen LogP contribution in [0.3, 0.4) is 0 Å². The second kappa shape index (κ2) is 7.01. The van der Waals surface area contributed by atoms with Crippen LogP contribution in [-0.4, -0.2) is 35.7 Å². The molecule has 106 valence electrons. The number of hydrogen-bond donors (Lipinski definition) is 0. The zero-order chi connectivity index (χ0) is 13.6. The summed E-state index contributed by atoms with van der Waals surface area (Å²) >= 11 is 0. The van der Waals surface area contributed by atoms with Crippen LogP contribution >= 0.6 is 0 Å². The minimum Gasteiger partial charge on any atom is -0.459 e. The van der Waals surface area contributed by atoms with Crippen molar-refractivity contribution in [3.05, 3.63) is 0 Å². The minimum atomic E-state index is -0.171. The van der Waals surface area contributed by atoms with E-state index in [1.165, 1.54) is 32.1 Å². The van der Waals surface area contributed by atoms with Crippen LogP contribution in [-0.2, 0) is 4.74 Å². The molecule has 0 radical (unpaired) electrons. The molecule has 0 saturated heterocycles. The van der Waals surface area contributed by atoms with E-state index in [1.54, 1.807) is 0 Å². The molecule has 0 atom stereocenters. The lowest BCUT2D eigenvalue weighted by Gasteiger charge is -2.31. The smallest absolute Gasteiger partial charge is 0.288 e. The van der Waals surface area contributed by atoms with Crippen LogP contribution in [0.25, 0.3) is 0 Å². The first kappa shape index (κ1) is 15.3. The topological polar surface area (TPSA) is 24.8 Å². The maximum absolute atomic E-state index is 6.06. The third kappa shape index (κ3) is 5.28. The molecule has 1 saturated carbocycles. The van der Waals surface area contributed by atoms with Gasteiger partial charge in [-0.3, -0.25) is 0 Å². The maximum Gasteiger partial charge on any atom is 0.288 e. The Bertz CT molecular complexity index is 258. The summed E-state index contributed by atoms with van der Waals surface area (Å²) in [5, 5.41) is 0. The molecule has 0 aromatic carbocycles. The number of amidine groups is 1. The highest BCUT2D eigenvalue weighted by molar-refractivity contribution is 5.74. The summed E-state index contributed by atoms with van der Waals surface area (Å²) in [5.74, 6) is 0. The average molecular weight is 254 g/mol. The molecule has 1 aliphatic rings. The normalized spacial score (nSPS) is 18.8.